The van der Waals surface area contributed by atoms with Crippen molar-refractivity contribution >= 4 is 27.3 Å². The molecule has 144 valence electrons. The summed E-state index contributed by atoms with van der Waals surface area (Å²) in [7, 11) is -2.23. The van der Waals surface area contributed by atoms with E-state index in [0.29, 0.717) is 24.2 Å². The first kappa shape index (κ1) is 19.4. The SMILES string of the molecule is CN(c1ccccc1)S(=O)(=O)c1cccc(NC(=O)C2(N)CCCCC2)c1. The highest BCUT2D eigenvalue weighted by Crippen LogP contribution is 2.28. The Morgan fingerprint density at radius 3 is 2.37 bits per heavy atom. The molecule has 0 unspecified atom stereocenters. The molecule has 7 heteroatoms. The molecule has 1 fully saturated rings. The predicted molar refractivity (Wildman–Crippen MR) is 107 cm³/mol. The van der Waals surface area contributed by atoms with Crippen molar-refractivity contribution in [2.24, 2.45) is 5.73 Å². The number of rotatable bonds is 5. The number of benzene rings is 2. The van der Waals surface area contributed by atoms with E-state index < -0.39 is 15.6 Å². The third kappa shape index (κ3) is 4.14. The Morgan fingerprint density at radius 2 is 1.70 bits per heavy atom. The summed E-state index contributed by atoms with van der Waals surface area (Å²) in [5.74, 6) is -0.256. The molecule has 0 atom stereocenters. The minimum Gasteiger partial charge on any atom is -0.324 e. The number of nitrogens with two attached hydrogens (primary N) is 1. The zero-order valence-electron chi connectivity index (χ0n) is 15.4. The number of nitrogens with one attached hydrogen (secondary N) is 1. The van der Waals surface area contributed by atoms with Gasteiger partial charge < -0.3 is 11.1 Å². The Kier molecular flexibility index (Phi) is 5.53. The molecule has 0 aliphatic heterocycles. The largest absolute Gasteiger partial charge is 0.324 e. The number of sulfonamides is 1. The lowest BCUT2D eigenvalue weighted by atomic mass is 9.82. The Labute approximate surface area is 160 Å². The molecular formula is C20H25N3O3S. The number of para-hydroxylation sites is 1. The molecule has 1 aliphatic carbocycles. The van der Waals surface area contributed by atoms with Gasteiger partial charge >= 0.3 is 0 Å². The van der Waals surface area contributed by atoms with E-state index in [1.54, 1.807) is 36.4 Å². The molecule has 3 rings (SSSR count). The molecule has 2 aromatic rings. The van der Waals surface area contributed by atoms with Gasteiger partial charge in [-0.2, -0.15) is 0 Å². The second-order valence-electron chi connectivity index (χ2n) is 7.01. The zero-order chi connectivity index (χ0) is 19.5. The van der Waals surface area contributed by atoms with Gasteiger partial charge in [0.1, 0.15) is 0 Å². The smallest absolute Gasteiger partial charge is 0.264 e. The average molecular weight is 388 g/mol. The summed E-state index contributed by atoms with van der Waals surface area (Å²) in [5.41, 5.74) is 6.37. The second kappa shape index (κ2) is 7.70. The van der Waals surface area contributed by atoms with Crippen LogP contribution in [0.15, 0.2) is 59.5 Å². The van der Waals surface area contributed by atoms with E-state index >= 15 is 0 Å². The Balaban J connectivity index is 1.82. The van der Waals surface area contributed by atoms with E-state index in [2.05, 4.69) is 5.32 Å². The number of carbonyl (C=O) groups is 1. The summed E-state index contributed by atoms with van der Waals surface area (Å²) in [5, 5.41) is 2.80. The van der Waals surface area contributed by atoms with Crippen LogP contribution in [0.25, 0.3) is 0 Å². The van der Waals surface area contributed by atoms with E-state index in [4.69, 9.17) is 5.73 Å². The van der Waals surface area contributed by atoms with E-state index in [9.17, 15) is 13.2 Å². The fourth-order valence-corrected chi connectivity index (χ4v) is 4.58. The molecule has 1 amide bonds. The summed E-state index contributed by atoms with van der Waals surface area (Å²) in [6.07, 6.45) is 4.24. The van der Waals surface area contributed by atoms with Gasteiger partial charge in [-0.25, -0.2) is 8.42 Å². The fraction of sp³-hybridized carbons (Fsp3) is 0.350. The summed E-state index contributed by atoms with van der Waals surface area (Å²) >= 11 is 0. The van der Waals surface area contributed by atoms with Gasteiger partial charge in [-0.1, -0.05) is 43.5 Å². The predicted octanol–water partition coefficient (Wildman–Crippen LogP) is 3.11. The Hall–Kier alpha value is -2.38. The van der Waals surface area contributed by atoms with Crippen molar-refractivity contribution in [3.05, 3.63) is 54.6 Å². The van der Waals surface area contributed by atoms with E-state index in [0.717, 1.165) is 19.3 Å². The fourth-order valence-electron chi connectivity index (χ4n) is 3.33. The van der Waals surface area contributed by atoms with Crippen LogP contribution in [0.2, 0.25) is 0 Å². The van der Waals surface area contributed by atoms with Crippen LogP contribution in [0.1, 0.15) is 32.1 Å². The van der Waals surface area contributed by atoms with Crippen LogP contribution in [0.4, 0.5) is 11.4 Å². The van der Waals surface area contributed by atoms with Gasteiger partial charge in [0.2, 0.25) is 5.91 Å². The number of nitrogens with zero attached hydrogens (tertiary/aromatic N) is 1. The average Bonchev–Trinajstić information content (AvgIpc) is 2.69. The molecule has 0 radical (unpaired) electrons. The molecule has 2 aromatic carbocycles. The van der Waals surface area contributed by atoms with Crippen LogP contribution in [0.3, 0.4) is 0 Å². The highest BCUT2D eigenvalue weighted by Gasteiger charge is 2.35. The number of amides is 1. The summed E-state index contributed by atoms with van der Waals surface area (Å²) in [4.78, 5) is 12.7. The number of carbonyl (C=O) groups excluding carboxylic acids is 1. The molecule has 1 aliphatic rings. The minimum atomic E-state index is -3.74. The van der Waals surface area contributed by atoms with Crippen molar-refractivity contribution in [2.45, 2.75) is 42.5 Å². The molecule has 0 heterocycles. The molecule has 3 N–H and O–H groups in total. The topological polar surface area (TPSA) is 92.5 Å². The van der Waals surface area contributed by atoms with Gasteiger partial charge in [0, 0.05) is 12.7 Å². The maximum Gasteiger partial charge on any atom is 0.264 e. The molecule has 1 saturated carbocycles. The van der Waals surface area contributed by atoms with Crippen molar-refractivity contribution in [1.82, 2.24) is 0 Å². The maximum absolute atomic E-state index is 12.9. The molecule has 0 bridgehead atoms. The van der Waals surface area contributed by atoms with E-state index in [1.807, 2.05) is 6.07 Å². The van der Waals surface area contributed by atoms with E-state index in [1.165, 1.54) is 23.5 Å². The highest BCUT2D eigenvalue weighted by molar-refractivity contribution is 7.92. The highest BCUT2D eigenvalue weighted by atomic mass is 32.2. The van der Waals surface area contributed by atoms with Gasteiger partial charge in [0.05, 0.1) is 16.1 Å². The van der Waals surface area contributed by atoms with Crippen LogP contribution in [0, 0.1) is 0 Å². The van der Waals surface area contributed by atoms with Crippen LogP contribution < -0.4 is 15.4 Å². The van der Waals surface area contributed by atoms with Crippen LogP contribution >= 0.6 is 0 Å². The standard InChI is InChI=1S/C20H25N3O3S/c1-23(17-10-4-2-5-11-17)27(25,26)18-12-8-9-16(15-18)22-19(24)20(21)13-6-3-7-14-20/h2,4-5,8-12,15H,3,6-7,13-14,21H2,1H3,(H,22,24). The van der Waals surface area contributed by atoms with Crippen molar-refractivity contribution in [3.63, 3.8) is 0 Å². The van der Waals surface area contributed by atoms with E-state index in [-0.39, 0.29) is 10.8 Å². The van der Waals surface area contributed by atoms with Crippen molar-refractivity contribution in [2.75, 3.05) is 16.7 Å². The van der Waals surface area contributed by atoms with Crippen molar-refractivity contribution < 1.29 is 13.2 Å². The lowest BCUT2D eigenvalue weighted by Gasteiger charge is -2.31. The maximum atomic E-state index is 12.9. The lowest BCUT2D eigenvalue weighted by Crippen LogP contribution is -2.52. The second-order valence-corrected chi connectivity index (χ2v) is 8.98. The van der Waals surface area contributed by atoms with Crippen molar-refractivity contribution in [1.29, 1.82) is 0 Å². The summed E-state index contributed by atoms with van der Waals surface area (Å²) < 4.78 is 27.1. The first-order valence-electron chi connectivity index (χ1n) is 9.07. The Bertz CT molecular complexity index is 907. The molecule has 6 nitrogen and oxygen atoms in total. The van der Waals surface area contributed by atoms with Gasteiger partial charge in [-0.05, 0) is 43.2 Å². The van der Waals surface area contributed by atoms with Gasteiger partial charge in [0.25, 0.3) is 10.0 Å². The van der Waals surface area contributed by atoms with Crippen LogP contribution in [-0.2, 0) is 14.8 Å². The number of hydrogen-bond acceptors (Lipinski definition) is 4. The molecular weight excluding hydrogens is 362 g/mol. The third-order valence-corrected chi connectivity index (χ3v) is 6.85. The normalized spacial score (nSPS) is 16.5. The van der Waals surface area contributed by atoms with Gasteiger partial charge in [0.15, 0.2) is 0 Å². The lowest BCUT2D eigenvalue weighted by molar-refractivity contribution is -0.122. The quantitative estimate of drug-likeness (QED) is 0.824. The zero-order valence-corrected chi connectivity index (χ0v) is 16.2. The number of anilines is 2. The van der Waals surface area contributed by atoms with Crippen molar-refractivity contribution in [3.8, 4) is 0 Å². The number of hydrogen-bond donors (Lipinski definition) is 2. The molecule has 0 aromatic heterocycles. The third-order valence-electron chi connectivity index (χ3n) is 5.07. The van der Waals surface area contributed by atoms with Crippen LogP contribution in [-0.4, -0.2) is 26.9 Å². The minimum absolute atomic E-state index is 0.112. The van der Waals surface area contributed by atoms with Gasteiger partial charge in [-0.3, -0.25) is 9.10 Å². The summed E-state index contributed by atoms with van der Waals surface area (Å²) in [6, 6.07) is 15.1. The van der Waals surface area contributed by atoms with Gasteiger partial charge in [-0.15, -0.1) is 0 Å². The first-order valence-corrected chi connectivity index (χ1v) is 10.5. The first-order chi connectivity index (χ1) is 12.8. The van der Waals surface area contributed by atoms with Crippen LogP contribution in [0.5, 0.6) is 0 Å². The summed E-state index contributed by atoms with van der Waals surface area (Å²) in [6.45, 7) is 0. The Morgan fingerprint density at radius 1 is 1.04 bits per heavy atom. The monoisotopic (exact) mass is 387 g/mol. The molecule has 0 spiro atoms. The molecule has 0 saturated heterocycles. The molecule has 27 heavy (non-hydrogen) atoms.